The van der Waals surface area contributed by atoms with E-state index in [2.05, 4.69) is 15.3 Å². The van der Waals surface area contributed by atoms with Gasteiger partial charge in [0.2, 0.25) is 6.23 Å². The Kier molecular flexibility index (Phi) is 8.13. The molecule has 2 aromatic carbocycles. The summed E-state index contributed by atoms with van der Waals surface area (Å²) in [5, 5.41) is 9.08. The number of anilines is 1. The van der Waals surface area contributed by atoms with Crippen molar-refractivity contribution in [3.8, 4) is 0 Å². The molecule has 0 radical (unpaired) electrons. The average molecular weight is 508 g/mol. The molecule has 2 heterocycles. The fourth-order valence-corrected chi connectivity index (χ4v) is 4.25. The zero-order chi connectivity index (χ0) is 25.5. The summed E-state index contributed by atoms with van der Waals surface area (Å²) < 4.78 is 28.0. The van der Waals surface area contributed by atoms with E-state index in [4.69, 9.17) is 9.84 Å². The number of carbonyl (C=O) groups is 2. The first-order chi connectivity index (χ1) is 17.5. The number of hydrogen-bond donors (Lipinski definition) is 2. The first-order valence-electron chi connectivity index (χ1n) is 11.3. The third-order valence-electron chi connectivity index (χ3n) is 5.54. The maximum absolute atomic E-state index is 12.3. The van der Waals surface area contributed by atoms with Crippen LogP contribution in [0.15, 0.2) is 72.2 Å². The van der Waals surface area contributed by atoms with Crippen LogP contribution in [0.2, 0.25) is 0 Å². The van der Waals surface area contributed by atoms with E-state index in [1.165, 1.54) is 18.6 Å². The van der Waals surface area contributed by atoms with Crippen molar-refractivity contribution in [1.29, 1.82) is 0 Å². The van der Waals surface area contributed by atoms with Crippen LogP contribution in [-0.4, -0.2) is 53.6 Å². The molecule has 1 N–H and O–H groups in total. The quantitative estimate of drug-likeness (QED) is 0.333. The molecule has 0 spiro atoms. The molecule has 1 amide bonds. The Morgan fingerprint density at radius 1 is 1.08 bits per heavy atom. The summed E-state index contributed by atoms with van der Waals surface area (Å²) in [5.74, 6) is -0.390. The van der Waals surface area contributed by atoms with Crippen LogP contribution in [0.4, 0.5) is 5.69 Å². The summed E-state index contributed by atoms with van der Waals surface area (Å²) in [5.41, 5.74) is 3.81. The largest absolute Gasteiger partial charge is 0.340 e. The summed E-state index contributed by atoms with van der Waals surface area (Å²) >= 11 is 0. The van der Waals surface area contributed by atoms with E-state index in [0.29, 0.717) is 36.2 Å². The number of thiol groups is 1. The summed E-state index contributed by atoms with van der Waals surface area (Å²) in [6.07, 6.45) is 4.43. The highest BCUT2D eigenvalue weighted by molar-refractivity contribution is 7.71. The molecule has 36 heavy (non-hydrogen) atoms. The van der Waals surface area contributed by atoms with Crippen LogP contribution >= 0.6 is 0 Å². The van der Waals surface area contributed by atoms with E-state index in [0.717, 1.165) is 11.1 Å². The van der Waals surface area contributed by atoms with Gasteiger partial charge >= 0.3 is 0 Å². The lowest BCUT2D eigenvalue weighted by Gasteiger charge is -2.35. The Balaban J connectivity index is 1.51. The molecule has 11 heteroatoms. The molecule has 0 fully saturated rings. The Hall–Kier alpha value is -3.96. The standard InChI is InChI=1S/C25H25N5O5S/c1-2-22-24(19-7-3-18(4-8-19)16-36(33)34)29-30(23(15-31)35-22)14-17-5-9-20(10-6-17)28-25(32)21-13-26-11-12-27-21/h3-13,15,22-23,36H,2,14,16H2,1H3,(H,28,32). The van der Waals surface area contributed by atoms with Gasteiger partial charge < -0.3 is 10.1 Å². The van der Waals surface area contributed by atoms with Crippen molar-refractivity contribution in [2.24, 2.45) is 5.10 Å². The second-order valence-electron chi connectivity index (χ2n) is 8.07. The fourth-order valence-electron chi connectivity index (χ4n) is 3.75. The third kappa shape index (κ3) is 6.18. The van der Waals surface area contributed by atoms with Crippen LogP contribution in [-0.2, 0) is 32.5 Å². The number of nitrogens with zero attached hydrogens (tertiary/aromatic N) is 4. The molecule has 0 saturated heterocycles. The molecule has 4 rings (SSSR count). The second kappa shape index (κ2) is 11.6. The maximum Gasteiger partial charge on any atom is 0.275 e. The molecule has 2 atom stereocenters. The van der Waals surface area contributed by atoms with Crippen molar-refractivity contribution in [1.82, 2.24) is 15.0 Å². The highest BCUT2D eigenvalue weighted by Gasteiger charge is 2.31. The molecule has 0 saturated carbocycles. The molecule has 1 aliphatic rings. The van der Waals surface area contributed by atoms with Gasteiger partial charge in [0, 0.05) is 23.6 Å². The summed E-state index contributed by atoms with van der Waals surface area (Å²) in [7, 11) is -2.51. The van der Waals surface area contributed by atoms with E-state index < -0.39 is 16.9 Å². The van der Waals surface area contributed by atoms with Crippen LogP contribution in [0.3, 0.4) is 0 Å². The van der Waals surface area contributed by atoms with E-state index in [1.807, 2.05) is 31.2 Å². The normalized spacial score (nSPS) is 17.5. The van der Waals surface area contributed by atoms with Crippen molar-refractivity contribution in [3.05, 3.63) is 89.5 Å². The Morgan fingerprint density at radius 3 is 2.42 bits per heavy atom. The number of rotatable bonds is 9. The van der Waals surface area contributed by atoms with Gasteiger partial charge in [-0.25, -0.2) is 13.4 Å². The second-order valence-corrected chi connectivity index (χ2v) is 9.05. The number of amides is 1. The van der Waals surface area contributed by atoms with E-state index in [-0.39, 0.29) is 23.5 Å². The highest BCUT2D eigenvalue weighted by Crippen LogP contribution is 2.23. The van der Waals surface area contributed by atoms with Crippen LogP contribution < -0.4 is 5.32 Å². The van der Waals surface area contributed by atoms with Crippen molar-refractivity contribution < 1.29 is 22.7 Å². The Labute approximate surface area is 210 Å². The molecule has 186 valence electrons. The molecule has 1 aliphatic heterocycles. The first kappa shape index (κ1) is 25.1. The van der Waals surface area contributed by atoms with Crippen LogP contribution in [0.5, 0.6) is 0 Å². The zero-order valence-electron chi connectivity index (χ0n) is 19.5. The zero-order valence-corrected chi connectivity index (χ0v) is 20.4. The minimum absolute atomic E-state index is 0.0235. The maximum atomic E-state index is 12.3. The highest BCUT2D eigenvalue weighted by atomic mass is 32.2. The number of aromatic nitrogens is 2. The number of carbonyl (C=O) groups excluding carboxylic acids is 2. The SMILES string of the molecule is CCC1OC(C=O)N(Cc2ccc(NC(=O)c3cnccn3)cc2)N=C1c1ccc(C[SH](=O)=O)cc1. The van der Waals surface area contributed by atoms with Gasteiger partial charge in [0.25, 0.3) is 5.91 Å². The minimum atomic E-state index is -2.51. The smallest absolute Gasteiger partial charge is 0.275 e. The van der Waals surface area contributed by atoms with Gasteiger partial charge in [0.05, 0.1) is 24.2 Å². The van der Waals surface area contributed by atoms with E-state index >= 15 is 0 Å². The van der Waals surface area contributed by atoms with Gasteiger partial charge in [-0.15, -0.1) is 0 Å². The Morgan fingerprint density at radius 2 is 1.81 bits per heavy atom. The molecule has 2 unspecified atom stereocenters. The lowest BCUT2D eigenvalue weighted by atomic mass is 10.0. The van der Waals surface area contributed by atoms with Crippen LogP contribution in [0, 0.1) is 0 Å². The minimum Gasteiger partial charge on any atom is -0.340 e. The van der Waals surface area contributed by atoms with Crippen LogP contribution in [0.25, 0.3) is 0 Å². The number of hydrogen-bond acceptors (Lipinski definition) is 9. The number of benzene rings is 2. The predicted octanol–water partition coefficient (Wildman–Crippen LogP) is 2.38. The van der Waals surface area contributed by atoms with Gasteiger partial charge in [0.1, 0.15) is 22.5 Å². The number of hydrazone groups is 1. The van der Waals surface area contributed by atoms with Gasteiger partial charge in [0.15, 0.2) is 6.29 Å². The van der Waals surface area contributed by atoms with Gasteiger partial charge in [-0.1, -0.05) is 43.3 Å². The lowest BCUT2D eigenvalue weighted by Crippen LogP contribution is -2.45. The fraction of sp³-hybridized carbons (Fsp3) is 0.240. The van der Waals surface area contributed by atoms with Crippen molar-refractivity contribution in [3.63, 3.8) is 0 Å². The van der Waals surface area contributed by atoms with Gasteiger partial charge in [-0.3, -0.25) is 19.6 Å². The average Bonchev–Trinajstić information content (AvgIpc) is 2.90. The number of ether oxygens (including phenoxy) is 1. The molecule has 10 nitrogen and oxygen atoms in total. The van der Waals surface area contributed by atoms with E-state index in [9.17, 15) is 18.0 Å². The number of nitrogens with one attached hydrogen (secondary N) is 1. The Bertz CT molecular complexity index is 1300. The van der Waals surface area contributed by atoms with Gasteiger partial charge in [-0.05, 0) is 29.7 Å². The van der Waals surface area contributed by atoms with Crippen molar-refractivity contribution in [2.45, 2.75) is 38.0 Å². The molecular weight excluding hydrogens is 482 g/mol. The predicted molar refractivity (Wildman–Crippen MR) is 134 cm³/mol. The first-order valence-corrected chi connectivity index (χ1v) is 12.7. The summed E-state index contributed by atoms with van der Waals surface area (Å²) in [6.45, 7) is 2.25. The van der Waals surface area contributed by atoms with Crippen LogP contribution in [0.1, 0.15) is 40.5 Å². The van der Waals surface area contributed by atoms with Crippen molar-refractivity contribution in [2.75, 3.05) is 5.32 Å². The number of aldehydes is 1. The molecule has 1 aromatic heterocycles. The molecule has 0 aliphatic carbocycles. The molecular formula is C25H25N5O5S. The molecule has 0 bridgehead atoms. The molecule has 3 aromatic rings. The lowest BCUT2D eigenvalue weighted by molar-refractivity contribution is -0.139. The monoisotopic (exact) mass is 507 g/mol. The van der Waals surface area contributed by atoms with Gasteiger partial charge in [-0.2, -0.15) is 5.10 Å². The van der Waals surface area contributed by atoms with Crippen molar-refractivity contribution >= 4 is 34.3 Å². The summed E-state index contributed by atoms with van der Waals surface area (Å²) in [6, 6.07) is 14.3. The van der Waals surface area contributed by atoms with E-state index in [1.54, 1.807) is 29.3 Å². The summed E-state index contributed by atoms with van der Waals surface area (Å²) in [4.78, 5) is 31.9. The topological polar surface area (TPSA) is 131 Å². The third-order valence-corrected chi connectivity index (χ3v) is 6.16.